The molecule has 1 fully saturated rings. The molecule has 0 atom stereocenters. The summed E-state index contributed by atoms with van der Waals surface area (Å²) in [5, 5.41) is 3.14. The number of ether oxygens (including phenoxy) is 2. The molecule has 2 aromatic rings. The highest BCUT2D eigenvalue weighted by Crippen LogP contribution is 2.40. The fraction of sp³-hybridized carbons (Fsp3) is 0.250. The number of fused-ring (bicyclic) bond motifs is 1. The monoisotopic (exact) mass is 400 g/mol. The van der Waals surface area contributed by atoms with Gasteiger partial charge in [0, 0.05) is 24.3 Å². The van der Waals surface area contributed by atoms with Crippen LogP contribution in [0.3, 0.4) is 0 Å². The Morgan fingerprint density at radius 1 is 1.07 bits per heavy atom. The highest BCUT2D eigenvalue weighted by Gasteiger charge is 2.41. The summed E-state index contributed by atoms with van der Waals surface area (Å²) in [6, 6.07) is 13.7. The zero-order valence-corrected chi connectivity index (χ0v) is 16.2. The lowest BCUT2D eigenvalue weighted by atomic mass is 10.1. The van der Waals surface area contributed by atoms with Crippen molar-refractivity contribution in [3.05, 3.63) is 59.0 Å². The van der Waals surface area contributed by atoms with Crippen LogP contribution >= 0.6 is 0 Å². The van der Waals surface area contributed by atoms with Crippen molar-refractivity contribution in [3.63, 3.8) is 0 Å². The number of rotatable bonds is 4. The van der Waals surface area contributed by atoms with E-state index in [1.807, 2.05) is 0 Å². The third-order valence-corrected chi connectivity index (χ3v) is 6.64. The molecular weight excluding hydrogens is 380 g/mol. The fourth-order valence-corrected chi connectivity index (χ4v) is 5.07. The Kier molecular flexibility index (Phi) is 4.82. The van der Waals surface area contributed by atoms with Crippen LogP contribution in [0.4, 0.5) is 5.69 Å². The van der Waals surface area contributed by atoms with Gasteiger partial charge in [0.25, 0.3) is 5.91 Å². The van der Waals surface area contributed by atoms with Gasteiger partial charge < -0.3 is 19.7 Å². The van der Waals surface area contributed by atoms with E-state index in [2.05, 4.69) is 5.32 Å². The van der Waals surface area contributed by atoms with Gasteiger partial charge in [0.15, 0.2) is 4.91 Å². The maximum absolute atomic E-state index is 13.2. The van der Waals surface area contributed by atoms with Gasteiger partial charge >= 0.3 is 0 Å². The van der Waals surface area contributed by atoms with E-state index in [0.29, 0.717) is 49.0 Å². The number of hydrogen-bond donors (Lipinski definition) is 1. The van der Waals surface area contributed by atoms with E-state index in [4.69, 9.17) is 9.47 Å². The Morgan fingerprint density at radius 3 is 2.43 bits per heavy atom. The van der Waals surface area contributed by atoms with Crippen molar-refractivity contribution in [2.24, 2.45) is 0 Å². The number of carbonyl (C=O) groups is 1. The van der Waals surface area contributed by atoms with Gasteiger partial charge in [-0.25, -0.2) is 8.42 Å². The second-order valence-electron chi connectivity index (χ2n) is 6.46. The van der Waals surface area contributed by atoms with Crippen LogP contribution in [0.25, 0.3) is 5.70 Å². The number of sulfone groups is 1. The molecule has 0 radical (unpaired) electrons. The molecule has 28 heavy (non-hydrogen) atoms. The van der Waals surface area contributed by atoms with Gasteiger partial charge in [-0.2, -0.15) is 0 Å². The lowest BCUT2D eigenvalue weighted by Gasteiger charge is -2.27. The Labute approximate surface area is 163 Å². The topological polar surface area (TPSA) is 84.9 Å². The summed E-state index contributed by atoms with van der Waals surface area (Å²) in [6.07, 6.45) is 0. The first-order chi connectivity index (χ1) is 13.5. The number of amides is 1. The van der Waals surface area contributed by atoms with Crippen LogP contribution in [0.1, 0.15) is 5.56 Å². The lowest BCUT2D eigenvalue weighted by Crippen LogP contribution is -2.42. The van der Waals surface area contributed by atoms with Crippen molar-refractivity contribution < 1.29 is 22.7 Å². The summed E-state index contributed by atoms with van der Waals surface area (Å²) >= 11 is 0. The average molecular weight is 400 g/mol. The Hall–Kier alpha value is -2.84. The van der Waals surface area contributed by atoms with Crippen molar-refractivity contribution in [1.82, 2.24) is 4.90 Å². The second kappa shape index (κ2) is 7.29. The molecule has 2 aromatic carbocycles. The molecule has 1 amide bonds. The van der Waals surface area contributed by atoms with Crippen LogP contribution in [0.5, 0.6) is 5.75 Å². The van der Waals surface area contributed by atoms with Gasteiger partial charge in [-0.1, -0.05) is 18.2 Å². The zero-order chi connectivity index (χ0) is 19.7. The quantitative estimate of drug-likeness (QED) is 0.846. The van der Waals surface area contributed by atoms with Crippen molar-refractivity contribution in [3.8, 4) is 5.75 Å². The minimum atomic E-state index is -3.92. The number of hydrogen-bond acceptors (Lipinski definition) is 6. The van der Waals surface area contributed by atoms with Crippen molar-refractivity contribution in [2.75, 3.05) is 38.7 Å². The summed E-state index contributed by atoms with van der Waals surface area (Å²) in [5.41, 5.74) is 1.46. The molecule has 0 aromatic heterocycles. The molecule has 0 aliphatic carbocycles. The Bertz CT molecular complexity index is 1040. The first-order valence-electron chi connectivity index (χ1n) is 8.89. The van der Waals surface area contributed by atoms with Gasteiger partial charge in [-0.05, 0) is 30.3 Å². The van der Waals surface area contributed by atoms with E-state index >= 15 is 0 Å². The smallest absolute Gasteiger partial charge is 0.268 e. The average Bonchev–Trinajstić information content (AvgIpc) is 2.95. The molecule has 0 spiro atoms. The fourth-order valence-electron chi connectivity index (χ4n) is 3.35. The SMILES string of the molecule is COc1ccc(NC2=C(C(=O)N3CCOCC3)S(=O)(=O)c3ccccc32)cc1. The van der Waals surface area contributed by atoms with Crippen LogP contribution in [0, 0.1) is 0 Å². The van der Waals surface area contributed by atoms with E-state index < -0.39 is 15.7 Å². The van der Waals surface area contributed by atoms with E-state index in [1.54, 1.807) is 49.6 Å². The molecule has 8 heteroatoms. The van der Waals surface area contributed by atoms with E-state index in [1.165, 1.54) is 11.0 Å². The van der Waals surface area contributed by atoms with Crippen LogP contribution in [-0.4, -0.2) is 52.6 Å². The van der Waals surface area contributed by atoms with Crippen molar-refractivity contribution in [1.29, 1.82) is 0 Å². The maximum atomic E-state index is 13.2. The Balaban J connectivity index is 1.80. The number of anilines is 1. The first kappa shape index (κ1) is 18.5. The summed E-state index contributed by atoms with van der Waals surface area (Å²) in [4.78, 5) is 14.6. The summed E-state index contributed by atoms with van der Waals surface area (Å²) in [7, 11) is -2.34. The molecule has 2 heterocycles. The molecule has 4 rings (SSSR count). The second-order valence-corrected chi connectivity index (χ2v) is 8.32. The molecule has 1 saturated heterocycles. The number of methoxy groups -OCH3 is 1. The predicted octanol–water partition coefficient (Wildman–Crippen LogP) is 2.12. The predicted molar refractivity (Wildman–Crippen MR) is 105 cm³/mol. The molecule has 146 valence electrons. The normalized spacial score (nSPS) is 18.0. The minimum absolute atomic E-state index is 0.141. The summed E-state index contributed by atoms with van der Waals surface area (Å²) < 4.78 is 36.8. The molecule has 7 nitrogen and oxygen atoms in total. The number of benzene rings is 2. The molecule has 1 N–H and O–H groups in total. The van der Waals surface area contributed by atoms with Crippen LogP contribution in [0.15, 0.2) is 58.3 Å². The first-order valence-corrected chi connectivity index (χ1v) is 10.4. The zero-order valence-electron chi connectivity index (χ0n) is 15.3. The largest absolute Gasteiger partial charge is 0.497 e. The molecule has 2 aliphatic rings. The lowest BCUT2D eigenvalue weighted by molar-refractivity contribution is -0.130. The van der Waals surface area contributed by atoms with Crippen molar-refractivity contribution >= 4 is 27.1 Å². The standard InChI is InChI=1S/C20H20N2O5S/c1-26-15-8-6-14(7-9-15)21-18-16-4-2-3-5-17(16)28(24,25)19(18)20(23)22-10-12-27-13-11-22/h2-9,21H,10-13H2,1H3. The third-order valence-electron chi connectivity index (χ3n) is 4.79. The minimum Gasteiger partial charge on any atom is -0.497 e. The van der Waals surface area contributed by atoms with E-state index in [0.717, 1.165) is 0 Å². The molecule has 2 aliphatic heterocycles. The van der Waals surface area contributed by atoms with Crippen molar-refractivity contribution in [2.45, 2.75) is 4.90 Å². The van der Waals surface area contributed by atoms with Gasteiger partial charge in [0.2, 0.25) is 9.84 Å². The number of nitrogens with one attached hydrogen (secondary N) is 1. The van der Waals surface area contributed by atoms with E-state index in [-0.39, 0.29) is 9.80 Å². The number of nitrogens with zero attached hydrogens (tertiary/aromatic N) is 1. The molecule has 0 bridgehead atoms. The maximum Gasteiger partial charge on any atom is 0.268 e. The van der Waals surface area contributed by atoms with Crippen LogP contribution in [0.2, 0.25) is 0 Å². The molecular formula is C20H20N2O5S. The van der Waals surface area contributed by atoms with E-state index in [9.17, 15) is 13.2 Å². The third kappa shape index (κ3) is 3.14. The summed E-state index contributed by atoms with van der Waals surface area (Å²) in [5.74, 6) is 0.180. The number of morpholine rings is 1. The highest BCUT2D eigenvalue weighted by molar-refractivity contribution is 7.97. The van der Waals surface area contributed by atoms with Gasteiger partial charge in [-0.15, -0.1) is 0 Å². The highest BCUT2D eigenvalue weighted by atomic mass is 32.2. The van der Waals surface area contributed by atoms with Gasteiger partial charge in [0.1, 0.15) is 5.75 Å². The summed E-state index contributed by atoms with van der Waals surface area (Å²) in [6.45, 7) is 1.52. The Morgan fingerprint density at radius 2 is 1.75 bits per heavy atom. The van der Waals surface area contributed by atoms with Crippen LogP contribution < -0.4 is 10.1 Å². The van der Waals surface area contributed by atoms with Gasteiger partial charge in [0.05, 0.1) is 30.9 Å². The molecule has 0 saturated carbocycles. The molecule has 0 unspecified atom stereocenters. The van der Waals surface area contributed by atoms with Gasteiger partial charge in [-0.3, -0.25) is 4.79 Å². The van der Waals surface area contributed by atoms with Crippen LogP contribution in [-0.2, 0) is 19.4 Å². The number of carbonyl (C=O) groups excluding carboxylic acids is 1.